The molecule has 0 fully saturated rings. The number of rotatable bonds is 6. The van der Waals surface area contributed by atoms with E-state index in [1.807, 2.05) is 25.1 Å². The van der Waals surface area contributed by atoms with Crippen LogP contribution in [0.2, 0.25) is 0 Å². The maximum Gasteiger partial charge on any atom is 0.335 e. The van der Waals surface area contributed by atoms with Crippen molar-refractivity contribution < 1.29 is 14.7 Å². The van der Waals surface area contributed by atoms with Gasteiger partial charge < -0.3 is 10.0 Å². The van der Waals surface area contributed by atoms with Crippen molar-refractivity contribution in [2.75, 3.05) is 7.05 Å². The molecule has 0 radical (unpaired) electrons. The molecule has 23 heavy (non-hydrogen) atoms. The van der Waals surface area contributed by atoms with Gasteiger partial charge in [-0.1, -0.05) is 42.0 Å². The van der Waals surface area contributed by atoms with Crippen LogP contribution in [0.15, 0.2) is 48.5 Å². The van der Waals surface area contributed by atoms with Crippen molar-refractivity contribution in [3.05, 3.63) is 70.8 Å². The first-order chi connectivity index (χ1) is 11.0. The summed E-state index contributed by atoms with van der Waals surface area (Å²) in [5.74, 6) is -0.868. The second kappa shape index (κ2) is 7.58. The minimum Gasteiger partial charge on any atom is -0.478 e. The summed E-state index contributed by atoms with van der Waals surface area (Å²) in [7, 11) is 1.77. The van der Waals surface area contributed by atoms with Gasteiger partial charge in [-0.05, 0) is 36.6 Å². The van der Waals surface area contributed by atoms with E-state index >= 15 is 0 Å². The van der Waals surface area contributed by atoms with Crippen LogP contribution in [-0.4, -0.2) is 28.9 Å². The zero-order valence-corrected chi connectivity index (χ0v) is 13.5. The van der Waals surface area contributed by atoms with E-state index in [9.17, 15) is 9.59 Å². The van der Waals surface area contributed by atoms with Crippen LogP contribution in [0, 0.1) is 6.92 Å². The van der Waals surface area contributed by atoms with Gasteiger partial charge in [-0.15, -0.1) is 0 Å². The Kier molecular flexibility index (Phi) is 5.52. The quantitative estimate of drug-likeness (QED) is 0.890. The Balaban J connectivity index is 1.88. The highest BCUT2D eigenvalue weighted by molar-refractivity contribution is 5.87. The van der Waals surface area contributed by atoms with Crippen molar-refractivity contribution in [3.8, 4) is 0 Å². The van der Waals surface area contributed by atoms with Crippen molar-refractivity contribution in [2.24, 2.45) is 0 Å². The van der Waals surface area contributed by atoms with Gasteiger partial charge in [-0.2, -0.15) is 0 Å². The smallest absolute Gasteiger partial charge is 0.335 e. The second-order valence-electron chi connectivity index (χ2n) is 5.74. The normalized spacial score (nSPS) is 10.3. The van der Waals surface area contributed by atoms with Gasteiger partial charge in [0.1, 0.15) is 0 Å². The zero-order valence-electron chi connectivity index (χ0n) is 13.5. The average Bonchev–Trinajstić information content (AvgIpc) is 2.53. The van der Waals surface area contributed by atoms with Gasteiger partial charge in [-0.3, -0.25) is 4.79 Å². The number of carboxylic acid groups (broad SMARTS) is 1. The third-order valence-electron chi connectivity index (χ3n) is 3.76. The molecule has 0 heterocycles. The van der Waals surface area contributed by atoms with Gasteiger partial charge in [0, 0.05) is 20.0 Å². The Morgan fingerprint density at radius 1 is 1.04 bits per heavy atom. The Labute approximate surface area is 136 Å². The molecule has 2 rings (SSSR count). The minimum atomic E-state index is -0.945. The van der Waals surface area contributed by atoms with E-state index < -0.39 is 5.97 Å². The zero-order chi connectivity index (χ0) is 16.8. The highest BCUT2D eigenvalue weighted by atomic mass is 16.4. The number of benzene rings is 2. The lowest BCUT2D eigenvalue weighted by atomic mass is 10.1. The molecule has 0 unspecified atom stereocenters. The number of carboxylic acids is 1. The number of aromatic carboxylic acids is 1. The monoisotopic (exact) mass is 311 g/mol. The van der Waals surface area contributed by atoms with Crippen LogP contribution in [-0.2, 0) is 17.8 Å². The Hall–Kier alpha value is -2.62. The van der Waals surface area contributed by atoms with E-state index in [0.29, 0.717) is 13.0 Å². The Morgan fingerprint density at radius 3 is 2.35 bits per heavy atom. The molecule has 0 spiro atoms. The molecule has 0 bridgehead atoms. The van der Waals surface area contributed by atoms with Crippen LogP contribution in [0.5, 0.6) is 0 Å². The summed E-state index contributed by atoms with van der Waals surface area (Å²) in [5, 5.41) is 8.88. The molecule has 4 nitrogen and oxygen atoms in total. The molecule has 0 aromatic heterocycles. The lowest BCUT2D eigenvalue weighted by Crippen LogP contribution is -2.26. The minimum absolute atomic E-state index is 0.0776. The van der Waals surface area contributed by atoms with Gasteiger partial charge in [0.25, 0.3) is 0 Å². The lowest BCUT2D eigenvalue weighted by molar-refractivity contribution is -0.130. The summed E-state index contributed by atoms with van der Waals surface area (Å²) in [6.07, 6.45) is 1.19. The maximum absolute atomic E-state index is 12.2. The van der Waals surface area contributed by atoms with E-state index in [1.165, 1.54) is 5.56 Å². The van der Waals surface area contributed by atoms with Crippen molar-refractivity contribution in [1.29, 1.82) is 0 Å². The van der Waals surface area contributed by atoms with Crippen LogP contribution < -0.4 is 0 Å². The molecule has 0 saturated heterocycles. The highest BCUT2D eigenvalue weighted by Crippen LogP contribution is 2.10. The number of nitrogens with zero attached hydrogens (tertiary/aromatic N) is 1. The average molecular weight is 311 g/mol. The van der Waals surface area contributed by atoms with Crippen molar-refractivity contribution in [1.82, 2.24) is 4.90 Å². The van der Waals surface area contributed by atoms with Crippen LogP contribution >= 0.6 is 0 Å². The van der Waals surface area contributed by atoms with Crippen molar-refractivity contribution in [2.45, 2.75) is 26.3 Å². The number of aryl methyl sites for hydroxylation is 2. The van der Waals surface area contributed by atoms with Crippen molar-refractivity contribution >= 4 is 11.9 Å². The Bertz CT molecular complexity index is 692. The van der Waals surface area contributed by atoms with E-state index in [4.69, 9.17) is 5.11 Å². The summed E-state index contributed by atoms with van der Waals surface area (Å²) in [5.41, 5.74) is 3.53. The van der Waals surface area contributed by atoms with Gasteiger partial charge in [-0.25, -0.2) is 4.79 Å². The highest BCUT2D eigenvalue weighted by Gasteiger charge is 2.10. The van der Waals surface area contributed by atoms with Gasteiger partial charge in [0.2, 0.25) is 5.91 Å². The lowest BCUT2D eigenvalue weighted by Gasteiger charge is -2.17. The second-order valence-corrected chi connectivity index (χ2v) is 5.74. The van der Waals surface area contributed by atoms with Crippen LogP contribution in [0.1, 0.15) is 33.5 Å². The molecule has 0 aliphatic heterocycles. The van der Waals surface area contributed by atoms with Crippen LogP contribution in [0.3, 0.4) is 0 Å². The maximum atomic E-state index is 12.2. The number of carbonyl (C=O) groups is 2. The number of hydrogen-bond donors (Lipinski definition) is 1. The van der Waals surface area contributed by atoms with E-state index in [1.54, 1.807) is 36.2 Å². The molecule has 0 atom stereocenters. The molecule has 2 aromatic rings. The SMILES string of the molecule is Cc1cccc(CCC(=O)N(C)Cc2ccc(C(=O)O)cc2)c1. The van der Waals surface area contributed by atoms with Crippen molar-refractivity contribution in [3.63, 3.8) is 0 Å². The first-order valence-corrected chi connectivity index (χ1v) is 7.57. The van der Waals surface area contributed by atoms with Gasteiger partial charge in [0.15, 0.2) is 0 Å². The summed E-state index contributed by atoms with van der Waals surface area (Å²) >= 11 is 0. The molecule has 1 N–H and O–H groups in total. The third kappa shape index (κ3) is 4.95. The van der Waals surface area contributed by atoms with Gasteiger partial charge >= 0.3 is 5.97 Å². The van der Waals surface area contributed by atoms with Crippen LogP contribution in [0.25, 0.3) is 0 Å². The van der Waals surface area contributed by atoms with E-state index in [2.05, 4.69) is 6.07 Å². The standard InChI is InChI=1S/C19H21NO3/c1-14-4-3-5-15(12-14)8-11-18(21)20(2)13-16-6-9-17(10-7-16)19(22)23/h3-7,9-10,12H,8,11,13H2,1-2H3,(H,22,23). The first kappa shape index (κ1) is 16.7. The molecule has 120 valence electrons. The van der Waals surface area contributed by atoms with E-state index in [-0.39, 0.29) is 11.5 Å². The summed E-state index contributed by atoms with van der Waals surface area (Å²) in [6, 6.07) is 14.8. The Morgan fingerprint density at radius 2 is 1.74 bits per heavy atom. The third-order valence-corrected chi connectivity index (χ3v) is 3.76. The molecule has 4 heteroatoms. The number of hydrogen-bond acceptors (Lipinski definition) is 2. The molecule has 2 aromatic carbocycles. The molecular weight excluding hydrogens is 290 g/mol. The van der Waals surface area contributed by atoms with Crippen LogP contribution in [0.4, 0.5) is 0 Å². The molecule has 0 aliphatic rings. The molecule has 1 amide bonds. The van der Waals surface area contributed by atoms with E-state index in [0.717, 1.165) is 17.5 Å². The molecule has 0 aliphatic carbocycles. The first-order valence-electron chi connectivity index (χ1n) is 7.57. The predicted molar refractivity (Wildman–Crippen MR) is 89.4 cm³/mol. The summed E-state index contributed by atoms with van der Waals surface area (Å²) < 4.78 is 0. The van der Waals surface area contributed by atoms with Gasteiger partial charge in [0.05, 0.1) is 5.56 Å². The number of amides is 1. The fraction of sp³-hybridized carbons (Fsp3) is 0.263. The summed E-state index contributed by atoms with van der Waals surface area (Å²) in [4.78, 5) is 24.7. The largest absolute Gasteiger partial charge is 0.478 e. The number of carbonyl (C=O) groups excluding carboxylic acids is 1. The topological polar surface area (TPSA) is 57.6 Å². The summed E-state index contributed by atoms with van der Waals surface area (Å²) in [6.45, 7) is 2.52. The molecule has 0 saturated carbocycles. The molecular formula is C19H21NO3. The predicted octanol–water partition coefficient (Wildman–Crippen LogP) is 3.28. The fourth-order valence-electron chi connectivity index (χ4n) is 2.42. The fourth-order valence-corrected chi connectivity index (χ4v) is 2.42.